The quantitative estimate of drug-likeness (QED) is 0.640. The van der Waals surface area contributed by atoms with Crippen molar-refractivity contribution >= 4 is 27.5 Å². The van der Waals surface area contributed by atoms with Gasteiger partial charge in [0.25, 0.3) is 0 Å². The zero-order chi connectivity index (χ0) is 15.9. The number of carbonyl (C=O) groups excluding carboxylic acids is 1. The predicted octanol–water partition coefficient (Wildman–Crippen LogP) is 4.99. The van der Waals surface area contributed by atoms with Gasteiger partial charge in [-0.05, 0) is 30.2 Å². The number of aryl methyl sites for hydroxylation is 1. The van der Waals surface area contributed by atoms with Gasteiger partial charge < -0.3 is 4.74 Å². The summed E-state index contributed by atoms with van der Waals surface area (Å²) in [4.78, 5) is 16.3. The number of hydrogen-bond donors (Lipinski definition) is 0. The molecule has 0 N–H and O–H groups in total. The normalized spacial score (nSPS) is 9.95. The van der Waals surface area contributed by atoms with Crippen LogP contribution in [0.2, 0.25) is 0 Å². The van der Waals surface area contributed by atoms with Crippen molar-refractivity contribution in [1.29, 1.82) is 0 Å². The van der Waals surface area contributed by atoms with Crippen molar-refractivity contribution in [3.8, 4) is 0 Å². The van der Waals surface area contributed by atoms with Crippen molar-refractivity contribution < 1.29 is 9.53 Å². The second kappa shape index (κ2) is 7.71. The van der Waals surface area contributed by atoms with Gasteiger partial charge in [-0.2, -0.15) is 0 Å². The first-order valence-corrected chi connectivity index (χ1v) is 8.12. The molecular formula is C18H19NO2S. The summed E-state index contributed by atoms with van der Waals surface area (Å²) in [6.45, 7) is 6.28. The molecule has 114 valence electrons. The average Bonchev–Trinajstić information content (AvgIpc) is 2.98. The summed E-state index contributed by atoms with van der Waals surface area (Å²) >= 11 is 1.36. The fourth-order valence-corrected chi connectivity index (χ4v) is 2.75. The van der Waals surface area contributed by atoms with E-state index >= 15 is 0 Å². The minimum Gasteiger partial charge on any atom is -0.455 e. The third-order valence-corrected chi connectivity index (χ3v) is 3.95. The molecule has 4 heteroatoms. The fourth-order valence-electron chi connectivity index (χ4n) is 1.91. The smallest absolute Gasteiger partial charge is 0.367 e. The zero-order valence-electron chi connectivity index (χ0n) is 13.0. The predicted molar refractivity (Wildman–Crippen MR) is 91.3 cm³/mol. The number of aromatic nitrogens is 1. The Morgan fingerprint density at radius 1 is 1.14 bits per heavy atom. The largest absolute Gasteiger partial charge is 0.455 e. The third-order valence-electron chi connectivity index (χ3n) is 2.93. The van der Waals surface area contributed by atoms with Gasteiger partial charge in [-0.3, -0.25) is 0 Å². The highest BCUT2D eigenvalue weighted by atomic mass is 32.1. The van der Waals surface area contributed by atoms with Crippen LogP contribution in [0.15, 0.2) is 48.5 Å². The van der Waals surface area contributed by atoms with Crippen LogP contribution in [0.25, 0.3) is 10.2 Å². The Hall–Kier alpha value is -2.20. The Bertz CT molecular complexity index is 750. The summed E-state index contributed by atoms with van der Waals surface area (Å²) in [5.74, 6) is -0.368. The van der Waals surface area contributed by atoms with Crippen LogP contribution >= 0.6 is 11.3 Å². The number of benzene rings is 2. The maximum atomic E-state index is 12.0. The maximum absolute atomic E-state index is 12.0. The monoisotopic (exact) mass is 313 g/mol. The summed E-state index contributed by atoms with van der Waals surface area (Å²) in [6.07, 6.45) is 0. The van der Waals surface area contributed by atoms with E-state index in [0.29, 0.717) is 5.01 Å². The SMILES string of the molecule is CC.Cc1ccc2sc(C(=O)OCc3ccccc3)nc2c1. The van der Waals surface area contributed by atoms with Gasteiger partial charge in [0.2, 0.25) is 5.01 Å². The first-order chi connectivity index (χ1) is 10.7. The molecule has 0 amide bonds. The van der Waals surface area contributed by atoms with Gasteiger partial charge in [-0.25, -0.2) is 9.78 Å². The van der Waals surface area contributed by atoms with E-state index in [4.69, 9.17) is 4.74 Å². The molecule has 3 rings (SSSR count). The van der Waals surface area contributed by atoms with Crippen molar-refractivity contribution in [2.45, 2.75) is 27.4 Å². The minimum absolute atomic E-state index is 0.272. The van der Waals surface area contributed by atoms with E-state index in [9.17, 15) is 4.79 Å². The molecule has 0 fully saturated rings. The van der Waals surface area contributed by atoms with E-state index in [2.05, 4.69) is 4.98 Å². The molecule has 0 spiro atoms. The molecule has 0 aliphatic rings. The fraction of sp³-hybridized carbons (Fsp3) is 0.222. The summed E-state index contributed by atoms with van der Waals surface area (Å²) in [7, 11) is 0. The summed E-state index contributed by atoms with van der Waals surface area (Å²) in [5.41, 5.74) is 2.95. The van der Waals surface area contributed by atoms with Crippen molar-refractivity contribution in [2.24, 2.45) is 0 Å². The number of rotatable bonds is 3. The van der Waals surface area contributed by atoms with E-state index < -0.39 is 0 Å². The first kappa shape index (κ1) is 16.2. The lowest BCUT2D eigenvalue weighted by atomic mass is 10.2. The molecule has 0 bridgehead atoms. The summed E-state index contributed by atoms with van der Waals surface area (Å²) in [6, 6.07) is 15.6. The van der Waals surface area contributed by atoms with Crippen LogP contribution < -0.4 is 0 Å². The van der Waals surface area contributed by atoms with Crippen LogP contribution in [0.3, 0.4) is 0 Å². The molecule has 22 heavy (non-hydrogen) atoms. The number of carbonyl (C=O) groups is 1. The van der Waals surface area contributed by atoms with Crippen molar-refractivity contribution in [3.05, 3.63) is 64.7 Å². The highest BCUT2D eigenvalue weighted by Crippen LogP contribution is 2.23. The topological polar surface area (TPSA) is 39.2 Å². The van der Waals surface area contributed by atoms with Crippen molar-refractivity contribution in [1.82, 2.24) is 4.98 Å². The Kier molecular flexibility index (Phi) is 5.67. The number of thiazole rings is 1. The Labute approximate surface area is 134 Å². The Morgan fingerprint density at radius 3 is 2.59 bits per heavy atom. The number of ether oxygens (including phenoxy) is 1. The summed E-state index contributed by atoms with van der Waals surface area (Å²) < 4.78 is 6.28. The number of esters is 1. The lowest BCUT2D eigenvalue weighted by Gasteiger charge is -2.01. The van der Waals surface area contributed by atoms with E-state index in [1.165, 1.54) is 11.3 Å². The van der Waals surface area contributed by atoms with Crippen molar-refractivity contribution in [2.75, 3.05) is 0 Å². The molecule has 0 atom stereocenters. The second-order valence-corrected chi connectivity index (χ2v) is 5.58. The van der Waals surface area contributed by atoms with E-state index in [1.54, 1.807) is 0 Å². The number of nitrogens with zero attached hydrogens (tertiary/aromatic N) is 1. The Morgan fingerprint density at radius 2 is 1.86 bits per heavy atom. The van der Waals surface area contributed by atoms with Crippen LogP contribution in [0.5, 0.6) is 0 Å². The molecule has 2 aromatic carbocycles. The molecule has 0 radical (unpaired) electrons. The maximum Gasteiger partial charge on any atom is 0.367 e. The molecule has 3 nitrogen and oxygen atoms in total. The lowest BCUT2D eigenvalue weighted by molar-refractivity contribution is 0.0472. The van der Waals surface area contributed by atoms with Gasteiger partial charge in [-0.1, -0.05) is 50.2 Å². The van der Waals surface area contributed by atoms with E-state index in [1.807, 2.05) is 69.3 Å². The van der Waals surface area contributed by atoms with Crippen LogP contribution in [0, 0.1) is 6.92 Å². The molecule has 1 heterocycles. The van der Waals surface area contributed by atoms with E-state index in [0.717, 1.165) is 21.3 Å². The number of fused-ring (bicyclic) bond motifs is 1. The molecule has 0 unspecified atom stereocenters. The minimum atomic E-state index is -0.368. The lowest BCUT2D eigenvalue weighted by Crippen LogP contribution is -2.04. The molecule has 1 aromatic heterocycles. The molecule has 0 saturated heterocycles. The molecule has 3 aromatic rings. The molecule has 0 aliphatic carbocycles. The van der Waals surface area contributed by atoms with Crippen LogP contribution in [0.1, 0.15) is 34.8 Å². The van der Waals surface area contributed by atoms with Gasteiger partial charge >= 0.3 is 5.97 Å². The van der Waals surface area contributed by atoms with Gasteiger partial charge in [0.1, 0.15) is 6.61 Å². The van der Waals surface area contributed by atoms with Gasteiger partial charge in [0.05, 0.1) is 10.2 Å². The zero-order valence-corrected chi connectivity index (χ0v) is 13.8. The molecule has 0 aliphatic heterocycles. The summed E-state index contributed by atoms with van der Waals surface area (Å²) in [5, 5.41) is 0.404. The molecular weight excluding hydrogens is 294 g/mol. The van der Waals surface area contributed by atoms with Gasteiger partial charge in [-0.15, -0.1) is 11.3 Å². The third kappa shape index (κ3) is 3.92. The highest BCUT2D eigenvalue weighted by molar-refractivity contribution is 7.20. The van der Waals surface area contributed by atoms with E-state index in [-0.39, 0.29) is 12.6 Å². The van der Waals surface area contributed by atoms with Crippen LogP contribution in [0.4, 0.5) is 0 Å². The van der Waals surface area contributed by atoms with Crippen molar-refractivity contribution in [3.63, 3.8) is 0 Å². The van der Waals surface area contributed by atoms with Gasteiger partial charge in [0.15, 0.2) is 0 Å². The number of hydrogen-bond acceptors (Lipinski definition) is 4. The van der Waals surface area contributed by atoms with Crippen LogP contribution in [-0.4, -0.2) is 11.0 Å². The Balaban J connectivity index is 0.000000847. The second-order valence-electron chi connectivity index (χ2n) is 4.55. The standard InChI is InChI=1S/C16H13NO2S.C2H6/c1-11-7-8-14-13(9-11)17-15(20-14)16(18)19-10-12-5-3-2-4-6-12;1-2/h2-9H,10H2,1H3;1-2H3. The highest BCUT2D eigenvalue weighted by Gasteiger charge is 2.13. The van der Waals surface area contributed by atoms with Gasteiger partial charge in [0, 0.05) is 0 Å². The first-order valence-electron chi connectivity index (χ1n) is 7.30. The van der Waals surface area contributed by atoms with Crippen LogP contribution in [-0.2, 0) is 11.3 Å². The average molecular weight is 313 g/mol. The molecule has 0 saturated carbocycles.